The normalized spacial score (nSPS) is 15.4. The molecule has 0 bridgehead atoms. The Balaban J connectivity index is 0.716. The predicted molar refractivity (Wildman–Crippen MR) is 277 cm³/mol. The number of ether oxygens (including phenoxy) is 10. The summed E-state index contributed by atoms with van der Waals surface area (Å²) in [6, 6.07) is 10.8. The lowest BCUT2D eigenvalue weighted by Crippen LogP contribution is -2.17. The van der Waals surface area contributed by atoms with Crippen LogP contribution < -0.4 is 10.1 Å². The fraction of sp³-hybridized carbons (Fsp3) is 0.574. The Morgan fingerprint density at radius 1 is 0.844 bits per heavy atom. The minimum Gasteiger partial charge on any atom is -0.420 e. The van der Waals surface area contributed by atoms with Gasteiger partial charge >= 0.3 is 13.6 Å². The largest absolute Gasteiger partial charge is 0.420 e. The van der Waals surface area contributed by atoms with E-state index in [0.29, 0.717) is 146 Å². The van der Waals surface area contributed by atoms with Crippen LogP contribution in [0.4, 0.5) is 19.0 Å². The average molecular weight is 1170 g/mol. The van der Waals surface area contributed by atoms with Gasteiger partial charge < -0.3 is 67.0 Å². The summed E-state index contributed by atoms with van der Waals surface area (Å²) in [5, 5.41) is 17.1. The number of esters is 1. The minimum absolute atomic E-state index is 0.0530. The van der Waals surface area contributed by atoms with E-state index < -0.39 is 43.0 Å². The van der Waals surface area contributed by atoms with Crippen LogP contribution in [0.1, 0.15) is 42.8 Å². The number of benzene rings is 2. The van der Waals surface area contributed by atoms with Gasteiger partial charge in [-0.1, -0.05) is 35.5 Å². The first kappa shape index (κ1) is 62.2. The summed E-state index contributed by atoms with van der Waals surface area (Å²) in [6.45, 7) is 6.27. The van der Waals surface area contributed by atoms with Crippen molar-refractivity contribution >= 4 is 62.6 Å². The molecule has 0 amide bonds. The second-order valence-corrected chi connectivity index (χ2v) is 21.3. The summed E-state index contributed by atoms with van der Waals surface area (Å²) in [5.41, 5.74) is 2.28. The number of hydrogen-bond donors (Lipinski definition) is 3. The van der Waals surface area contributed by atoms with Crippen LogP contribution in [0.25, 0.3) is 11.0 Å². The van der Waals surface area contributed by atoms with Crippen LogP contribution in [0.5, 0.6) is 5.75 Å². The van der Waals surface area contributed by atoms with Crippen LogP contribution in [0, 0.1) is 17.5 Å². The van der Waals surface area contributed by atoms with E-state index >= 15 is 0 Å². The van der Waals surface area contributed by atoms with E-state index in [1.54, 1.807) is 33.5 Å². The van der Waals surface area contributed by atoms with Crippen LogP contribution in [-0.2, 0) is 69.7 Å². The number of halogens is 4. The number of carbonyl (C=O) groups is 1. The Bertz CT molecular complexity index is 2530. The molecule has 0 aliphatic carbocycles. The van der Waals surface area contributed by atoms with Crippen molar-refractivity contribution in [1.29, 1.82) is 0 Å². The first-order chi connectivity index (χ1) is 37.4. The highest BCUT2D eigenvalue weighted by molar-refractivity contribution is 7.99. The Morgan fingerprint density at radius 2 is 1.47 bits per heavy atom. The minimum atomic E-state index is -4.12. The van der Waals surface area contributed by atoms with Gasteiger partial charge in [0, 0.05) is 32.4 Å². The molecule has 30 heteroatoms. The van der Waals surface area contributed by atoms with Crippen LogP contribution in [0.3, 0.4) is 0 Å². The smallest absolute Gasteiger partial charge is 0.331 e. The Kier molecular flexibility index (Phi) is 28.2. The number of nitrogens with one attached hydrogen (secondary N) is 1. The molecule has 5 aromatic rings. The summed E-state index contributed by atoms with van der Waals surface area (Å²) in [4.78, 5) is 38.9. The van der Waals surface area contributed by atoms with Gasteiger partial charge in [-0.25, -0.2) is 22.5 Å². The molecule has 77 heavy (non-hydrogen) atoms. The van der Waals surface area contributed by atoms with E-state index in [-0.39, 0.29) is 65.0 Å². The molecule has 1 fully saturated rings. The Morgan fingerprint density at radius 3 is 2.13 bits per heavy atom. The quantitative estimate of drug-likeness (QED) is 0.0131. The van der Waals surface area contributed by atoms with Gasteiger partial charge in [-0.15, -0.1) is 5.10 Å². The van der Waals surface area contributed by atoms with E-state index in [2.05, 4.69) is 47.6 Å². The number of carbonyl (C=O) groups excluding carboxylic acids is 1. The lowest BCUT2D eigenvalue weighted by Gasteiger charge is -2.20. The number of nitrogens with zero attached hydrogens (tertiary/aromatic N) is 7. The second kappa shape index (κ2) is 34.9. The van der Waals surface area contributed by atoms with Crippen LogP contribution in [0.15, 0.2) is 54.9 Å². The number of hydrogen-bond acceptors (Lipinski definition) is 20. The van der Waals surface area contributed by atoms with Gasteiger partial charge in [-0.05, 0) is 30.0 Å². The highest BCUT2D eigenvalue weighted by atomic mass is 35.5. The van der Waals surface area contributed by atoms with Gasteiger partial charge in [-0.3, -0.25) is 9.36 Å². The van der Waals surface area contributed by atoms with Crippen LogP contribution in [-0.4, -0.2) is 180 Å². The molecule has 3 N–H and O–H groups in total. The summed E-state index contributed by atoms with van der Waals surface area (Å²) < 4.78 is 115. The van der Waals surface area contributed by atoms with Crippen molar-refractivity contribution in [3.63, 3.8) is 0 Å². The van der Waals surface area contributed by atoms with Gasteiger partial charge in [0.05, 0.1) is 161 Å². The molecule has 1 saturated heterocycles. The molecule has 426 valence electrons. The molecule has 4 heterocycles. The molecular formula is C47H64ClF3N8O15P2S. The Labute approximate surface area is 453 Å². The van der Waals surface area contributed by atoms with E-state index in [0.717, 1.165) is 11.3 Å². The molecule has 23 nitrogen and oxygen atoms in total. The van der Waals surface area contributed by atoms with E-state index in [9.17, 15) is 22.5 Å². The van der Waals surface area contributed by atoms with Gasteiger partial charge in [-0.2, -0.15) is 26.8 Å². The molecular weight excluding hydrogens is 1100 g/mol. The monoisotopic (exact) mass is 1170 g/mol. The number of aromatic nitrogens is 7. The van der Waals surface area contributed by atoms with Gasteiger partial charge in [0.1, 0.15) is 17.3 Å². The first-order valence-electron chi connectivity index (χ1n) is 24.6. The van der Waals surface area contributed by atoms with Gasteiger partial charge in [0.15, 0.2) is 23.5 Å². The van der Waals surface area contributed by atoms with E-state index in [1.807, 2.05) is 18.2 Å². The SMILES string of the molecule is O=C(CCOCCOCCOCCOCCn1cc(COCCOCCOCCOCCSCC(Nc2nc(Cl)nc3c2cnn3C2CCC(COPCP(=O)(O)O)O2)c2ccccc2)nn1)Oc1c(F)cc(F)cc1F. The molecule has 1 aliphatic heterocycles. The average Bonchev–Trinajstić information content (AvgIpc) is 4.20. The third-order valence-corrected chi connectivity index (χ3v) is 14.5. The summed E-state index contributed by atoms with van der Waals surface area (Å²) >= 11 is 8.19. The van der Waals surface area contributed by atoms with Crippen LogP contribution in [0.2, 0.25) is 5.28 Å². The predicted octanol–water partition coefficient (Wildman–Crippen LogP) is 6.13. The fourth-order valence-corrected chi connectivity index (χ4v) is 9.52. The molecule has 1 aliphatic rings. The van der Waals surface area contributed by atoms with Crippen LogP contribution >= 0.6 is 39.8 Å². The number of thioether (sulfide) groups is 1. The number of fused-ring (bicyclic) bond motifs is 1. The van der Waals surface area contributed by atoms with Crippen molar-refractivity contribution in [2.45, 2.75) is 50.8 Å². The van der Waals surface area contributed by atoms with Crippen molar-refractivity contribution < 1.29 is 84.2 Å². The zero-order valence-electron chi connectivity index (χ0n) is 42.1. The van der Waals surface area contributed by atoms with Crippen molar-refractivity contribution in [2.24, 2.45) is 0 Å². The van der Waals surface area contributed by atoms with Crippen molar-refractivity contribution in [3.8, 4) is 5.75 Å². The molecule has 4 atom stereocenters. The zero-order valence-corrected chi connectivity index (χ0v) is 45.6. The third kappa shape index (κ3) is 23.7. The molecule has 2 aromatic carbocycles. The highest BCUT2D eigenvalue weighted by Crippen LogP contribution is 2.42. The van der Waals surface area contributed by atoms with Gasteiger partial charge in [0.25, 0.3) is 0 Å². The number of rotatable bonds is 41. The highest BCUT2D eigenvalue weighted by Gasteiger charge is 2.30. The van der Waals surface area contributed by atoms with Crippen molar-refractivity contribution in [3.05, 3.63) is 88.9 Å². The summed E-state index contributed by atoms with van der Waals surface area (Å²) in [6.07, 6.45) is 3.90. The summed E-state index contributed by atoms with van der Waals surface area (Å²) in [7, 11) is -4.43. The lowest BCUT2D eigenvalue weighted by atomic mass is 10.1. The first-order valence-corrected chi connectivity index (χ1v) is 29.1. The lowest BCUT2D eigenvalue weighted by molar-refractivity contribution is -0.136. The maximum absolute atomic E-state index is 13.6. The molecule has 3 aromatic heterocycles. The fourth-order valence-electron chi connectivity index (χ4n) is 7.10. The third-order valence-electron chi connectivity index (χ3n) is 10.8. The van der Waals surface area contributed by atoms with Gasteiger partial charge in [0.2, 0.25) is 11.0 Å². The zero-order chi connectivity index (χ0) is 54.5. The molecule has 0 saturated carbocycles. The van der Waals surface area contributed by atoms with E-state index in [1.165, 1.54) is 0 Å². The molecule has 0 spiro atoms. The second-order valence-electron chi connectivity index (χ2n) is 16.7. The topological polar surface area (TPSA) is 262 Å². The molecule has 0 radical (unpaired) electrons. The molecule has 4 unspecified atom stereocenters. The number of anilines is 1. The van der Waals surface area contributed by atoms with E-state index in [4.69, 9.17) is 68.5 Å². The maximum Gasteiger partial charge on any atom is 0.331 e. The molecule has 6 rings (SSSR count). The Hall–Kier alpha value is -3.99. The standard InChI is InChI=1S/C47H64ClF3N8O15P2S/c48-47-54-45(38-28-52-59(46(38)55-47)42-7-6-37(73-42)31-72-75-33-76(61,62)63)53-41(34-4-2-1-3-5-34)32-77-25-24-70-21-20-68-18-19-69-22-23-71-30-36-29-58(57-56-36)9-11-65-13-15-67-17-16-66-14-12-64-10-8-43(60)74-44-39(50)26-35(49)27-40(44)51/h1-5,26-29,37,41-42,75H,6-25,30-33H2,(H,53,54,55)(H2,61,62,63). The van der Waals surface area contributed by atoms with Crippen molar-refractivity contribution in [1.82, 2.24) is 34.7 Å². The summed E-state index contributed by atoms with van der Waals surface area (Å²) in [5.74, 6) is -3.91. The maximum atomic E-state index is 13.6. The van der Waals surface area contributed by atoms with Crippen molar-refractivity contribution in [2.75, 3.05) is 128 Å².